The number of nitrogens with one attached hydrogen (secondary N) is 2. The first-order valence-electron chi connectivity index (χ1n) is 5.70. The molecule has 4 N–H and O–H groups in total. The predicted molar refractivity (Wildman–Crippen MR) is 77.9 cm³/mol. The number of thiocarbonyl (C=S) groups is 1. The van der Waals surface area contributed by atoms with Crippen LogP contribution in [0.15, 0.2) is 18.2 Å². The summed E-state index contributed by atoms with van der Waals surface area (Å²) >= 11 is 4.72. The van der Waals surface area contributed by atoms with E-state index in [0.717, 1.165) is 0 Å². The molecule has 1 rings (SSSR count). The highest BCUT2D eigenvalue weighted by molar-refractivity contribution is 7.80. The number of carbonyl (C=O) groups is 1. The minimum atomic E-state index is -0.463. The third kappa shape index (κ3) is 4.70. The average molecular weight is 284 g/mol. The van der Waals surface area contributed by atoms with Gasteiger partial charge in [0.1, 0.15) is 10.8 Å². The van der Waals surface area contributed by atoms with Crippen molar-refractivity contribution in [3.63, 3.8) is 0 Å². The fourth-order valence-electron chi connectivity index (χ4n) is 1.36. The quantitative estimate of drug-likeness (QED) is 0.560. The molecule has 0 saturated carbocycles. The van der Waals surface area contributed by atoms with Crippen molar-refractivity contribution < 1.29 is 9.18 Å². The topological polar surface area (TPSA) is 70.4 Å². The molecule has 5 nitrogen and oxygen atoms in total. The summed E-state index contributed by atoms with van der Waals surface area (Å²) in [7, 11) is 3.32. The van der Waals surface area contributed by atoms with Crippen molar-refractivity contribution in [3.05, 3.63) is 29.6 Å². The molecular weight excluding hydrogens is 267 g/mol. The Kier molecular flexibility index (Phi) is 5.50. The predicted octanol–water partition coefficient (Wildman–Crippen LogP) is 1.14. The van der Waals surface area contributed by atoms with Gasteiger partial charge < -0.3 is 21.3 Å². The molecule has 0 saturated heterocycles. The number of amides is 2. The summed E-state index contributed by atoms with van der Waals surface area (Å²) in [6.07, 6.45) is 0. The Morgan fingerprint density at radius 2 is 2.11 bits per heavy atom. The van der Waals surface area contributed by atoms with Crippen LogP contribution in [-0.2, 0) is 0 Å². The van der Waals surface area contributed by atoms with E-state index in [-0.39, 0.29) is 16.6 Å². The third-order valence-corrected chi connectivity index (χ3v) is 2.59. The summed E-state index contributed by atoms with van der Waals surface area (Å²) in [4.78, 5) is 12.7. The summed E-state index contributed by atoms with van der Waals surface area (Å²) in [5, 5.41) is 5.68. The molecule has 0 spiro atoms. The number of nitrogens with zero attached hydrogens (tertiary/aromatic N) is 1. The van der Waals surface area contributed by atoms with Crippen LogP contribution in [0.5, 0.6) is 0 Å². The van der Waals surface area contributed by atoms with Gasteiger partial charge in [-0.3, -0.25) is 0 Å². The van der Waals surface area contributed by atoms with Crippen LogP contribution in [0.2, 0.25) is 0 Å². The highest BCUT2D eigenvalue weighted by atomic mass is 32.1. The molecule has 0 aliphatic rings. The molecule has 104 valence electrons. The van der Waals surface area contributed by atoms with E-state index < -0.39 is 5.82 Å². The van der Waals surface area contributed by atoms with E-state index in [4.69, 9.17) is 18.0 Å². The number of anilines is 1. The molecule has 1 aromatic carbocycles. The number of halogens is 1. The lowest BCUT2D eigenvalue weighted by Gasteiger charge is -2.13. The molecule has 0 unspecified atom stereocenters. The van der Waals surface area contributed by atoms with E-state index in [1.165, 1.54) is 17.0 Å². The van der Waals surface area contributed by atoms with Crippen LogP contribution in [0, 0.1) is 5.82 Å². The number of carbonyl (C=O) groups excluding carboxylic acids is 1. The Hall–Kier alpha value is -1.89. The Morgan fingerprint density at radius 3 is 2.63 bits per heavy atom. The van der Waals surface area contributed by atoms with Crippen LogP contribution >= 0.6 is 12.2 Å². The molecule has 0 aliphatic heterocycles. The lowest BCUT2D eigenvalue weighted by Crippen LogP contribution is -2.37. The van der Waals surface area contributed by atoms with Gasteiger partial charge in [-0.2, -0.15) is 0 Å². The zero-order chi connectivity index (χ0) is 14.4. The molecule has 0 fully saturated rings. The van der Waals surface area contributed by atoms with E-state index in [0.29, 0.717) is 18.8 Å². The Balaban J connectivity index is 2.44. The second kappa shape index (κ2) is 6.89. The van der Waals surface area contributed by atoms with Gasteiger partial charge in [0.25, 0.3) is 0 Å². The van der Waals surface area contributed by atoms with Crippen molar-refractivity contribution >= 4 is 28.9 Å². The molecule has 0 aromatic heterocycles. The summed E-state index contributed by atoms with van der Waals surface area (Å²) < 4.78 is 13.6. The minimum absolute atomic E-state index is 0.0299. The normalized spacial score (nSPS) is 9.84. The van der Waals surface area contributed by atoms with Crippen molar-refractivity contribution in [2.24, 2.45) is 5.73 Å². The summed E-state index contributed by atoms with van der Waals surface area (Å²) in [6.45, 7) is 0.932. The lowest BCUT2D eigenvalue weighted by atomic mass is 10.2. The van der Waals surface area contributed by atoms with Gasteiger partial charge in [0.2, 0.25) is 0 Å². The summed E-state index contributed by atoms with van der Waals surface area (Å²) in [5.74, 6) is -0.463. The average Bonchev–Trinajstić information content (AvgIpc) is 2.33. The zero-order valence-electron chi connectivity index (χ0n) is 10.9. The second-order valence-corrected chi connectivity index (χ2v) is 4.55. The first kappa shape index (κ1) is 15.2. The first-order valence-corrected chi connectivity index (χ1v) is 6.11. The Labute approximate surface area is 117 Å². The number of hydrogen-bond acceptors (Lipinski definition) is 3. The van der Waals surface area contributed by atoms with Gasteiger partial charge >= 0.3 is 6.03 Å². The number of hydrogen-bond donors (Lipinski definition) is 3. The molecule has 2 amide bonds. The number of rotatable bonds is 5. The molecule has 0 bridgehead atoms. The molecule has 19 heavy (non-hydrogen) atoms. The van der Waals surface area contributed by atoms with Crippen LogP contribution in [0.3, 0.4) is 0 Å². The standard InChI is InChI=1S/C12H17FN4OS/c1-17(2)12(18)16-6-5-15-8-3-4-9(11(14)19)10(13)7-8/h3-4,7,15H,5-6H2,1-2H3,(H2,14,19)(H,16,18). The van der Waals surface area contributed by atoms with E-state index in [1.54, 1.807) is 20.2 Å². The maximum absolute atomic E-state index is 13.6. The van der Waals surface area contributed by atoms with Crippen molar-refractivity contribution in [2.75, 3.05) is 32.5 Å². The first-order chi connectivity index (χ1) is 8.91. The molecular formula is C12H17FN4OS. The van der Waals surface area contributed by atoms with Crippen LogP contribution in [0.1, 0.15) is 5.56 Å². The van der Waals surface area contributed by atoms with Crippen molar-refractivity contribution in [3.8, 4) is 0 Å². The largest absolute Gasteiger partial charge is 0.389 e. The number of nitrogens with two attached hydrogens (primary N) is 1. The Morgan fingerprint density at radius 1 is 1.42 bits per heavy atom. The molecule has 0 aliphatic carbocycles. The van der Waals surface area contributed by atoms with Gasteiger partial charge in [-0.1, -0.05) is 12.2 Å². The van der Waals surface area contributed by atoms with E-state index in [1.807, 2.05) is 0 Å². The van der Waals surface area contributed by atoms with Crippen molar-refractivity contribution in [2.45, 2.75) is 0 Å². The number of urea groups is 1. The van der Waals surface area contributed by atoms with E-state index in [2.05, 4.69) is 10.6 Å². The molecule has 0 atom stereocenters. The van der Waals surface area contributed by atoms with Gasteiger partial charge in [-0.25, -0.2) is 9.18 Å². The van der Waals surface area contributed by atoms with Crippen LogP contribution < -0.4 is 16.4 Å². The molecule has 0 radical (unpaired) electrons. The summed E-state index contributed by atoms with van der Waals surface area (Å²) in [6, 6.07) is 4.36. The molecule has 0 heterocycles. The maximum atomic E-state index is 13.6. The van der Waals surface area contributed by atoms with Crippen LogP contribution in [-0.4, -0.2) is 43.1 Å². The van der Waals surface area contributed by atoms with E-state index >= 15 is 0 Å². The fourth-order valence-corrected chi connectivity index (χ4v) is 1.52. The second-order valence-electron chi connectivity index (χ2n) is 4.11. The van der Waals surface area contributed by atoms with Crippen LogP contribution in [0.25, 0.3) is 0 Å². The van der Waals surface area contributed by atoms with Gasteiger partial charge in [-0.05, 0) is 18.2 Å². The molecule has 1 aromatic rings. The lowest BCUT2D eigenvalue weighted by molar-refractivity contribution is 0.218. The zero-order valence-corrected chi connectivity index (χ0v) is 11.7. The van der Waals surface area contributed by atoms with Gasteiger partial charge in [-0.15, -0.1) is 0 Å². The smallest absolute Gasteiger partial charge is 0.316 e. The Bertz CT molecular complexity index is 479. The highest BCUT2D eigenvalue weighted by Gasteiger charge is 2.06. The maximum Gasteiger partial charge on any atom is 0.316 e. The SMILES string of the molecule is CN(C)C(=O)NCCNc1ccc(C(N)=S)c(F)c1. The van der Waals surface area contributed by atoms with E-state index in [9.17, 15) is 9.18 Å². The van der Waals surface area contributed by atoms with Gasteiger partial charge in [0, 0.05) is 38.4 Å². The van der Waals surface area contributed by atoms with Gasteiger partial charge in [0.15, 0.2) is 0 Å². The van der Waals surface area contributed by atoms with Crippen molar-refractivity contribution in [1.82, 2.24) is 10.2 Å². The third-order valence-electron chi connectivity index (χ3n) is 2.37. The summed E-state index contributed by atoms with van der Waals surface area (Å²) in [5.41, 5.74) is 6.20. The fraction of sp³-hybridized carbons (Fsp3) is 0.333. The highest BCUT2D eigenvalue weighted by Crippen LogP contribution is 2.14. The monoisotopic (exact) mass is 284 g/mol. The minimum Gasteiger partial charge on any atom is -0.389 e. The van der Waals surface area contributed by atoms with Crippen molar-refractivity contribution in [1.29, 1.82) is 0 Å². The number of benzene rings is 1. The molecule has 7 heteroatoms. The van der Waals surface area contributed by atoms with Crippen LogP contribution in [0.4, 0.5) is 14.9 Å². The van der Waals surface area contributed by atoms with Gasteiger partial charge in [0.05, 0.1) is 0 Å².